The molecule has 3 rings (SSSR count). The second kappa shape index (κ2) is 5.10. The first kappa shape index (κ1) is 12.9. The summed E-state index contributed by atoms with van der Waals surface area (Å²) in [4.78, 5) is 12.2. The van der Waals surface area contributed by atoms with Crippen molar-refractivity contribution in [2.45, 2.75) is 6.54 Å². The number of carbonyl (C=O) groups excluding carboxylic acids is 1. The Morgan fingerprint density at radius 3 is 2.60 bits per heavy atom. The number of hydrogen-bond donors (Lipinski definition) is 0. The molecule has 0 saturated carbocycles. The third-order valence-electron chi connectivity index (χ3n) is 3.24. The van der Waals surface area contributed by atoms with Crippen LogP contribution in [0.4, 0.5) is 4.39 Å². The van der Waals surface area contributed by atoms with Crippen molar-refractivity contribution in [1.29, 1.82) is 0 Å². The van der Waals surface area contributed by atoms with Crippen LogP contribution in [0.25, 0.3) is 10.9 Å². The van der Waals surface area contributed by atoms with Gasteiger partial charge in [-0.25, -0.2) is 4.39 Å². The summed E-state index contributed by atoms with van der Waals surface area (Å²) < 4.78 is 14.7. The van der Waals surface area contributed by atoms with Gasteiger partial charge in [0.25, 0.3) is 0 Å². The van der Waals surface area contributed by atoms with Crippen LogP contribution in [0.2, 0.25) is 5.02 Å². The van der Waals surface area contributed by atoms with Crippen LogP contribution in [0.5, 0.6) is 0 Å². The largest absolute Gasteiger partial charge is 0.340 e. The summed E-state index contributed by atoms with van der Waals surface area (Å²) in [5.74, 6) is -0.415. The van der Waals surface area contributed by atoms with Crippen LogP contribution in [0, 0.1) is 5.82 Å². The van der Waals surface area contributed by atoms with E-state index >= 15 is 0 Å². The highest BCUT2D eigenvalue weighted by atomic mass is 35.5. The smallest absolute Gasteiger partial charge is 0.182 e. The Morgan fingerprint density at radius 1 is 1.10 bits per heavy atom. The minimum Gasteiger partial charge on any atom is -0.340 e. The lowest BCUT2D eigenvalue weighted by Gasteiger charge is -2.05. The van der Waals surface area contributed by atoms with Gasteiger partial charge in [0.2, 0.25) is 0 Å². The van der Waals surface area contributed by atoms with E-state index in [1.54, 1.807) is 0 Å². The average Bonchev–Trinajstić information content (AvgIpc) is 2.84. The molecule has 0 aliphatic heterocycles. The molecule has 0 fully saturated rings. The van der Waals surface area contributed by atoms with Gasteiger partial charge in [-0.05, 0) is 42.5 Å². The maximum atomic E-state index is 12.8. The molecule has 0 amide bonds. The number of fused-ring (bicyclic) bond motifs is 1. The van der Waals surface area contributed by atoms with Crippen molar-refractivity contribution in [3.05, 3.63) is 71.1 Å². The number of carbonyl (C=O) groups is 1. The highest BCUT2D eigenvalue weighted by Crippen LogP contribution is 2.24. The summed E-state index contributed by atoms with van der Waals surface area (Å²) in [6.45, 7) is 0.204. The number of nitrogens with zero attached hydrogens (tertiary/aromatic N) is 1. The molecule has 0 N–H and O–H groups in total. The van der Waals surface area contributed by atoms with Gasteiger partial charge < -0.3 is 4.57 Å². The fourth-order valence-electron chi connectivity index (χ4n) is 2.21. The summed E-state index contributed by atoms with van der Waals surface area (Å²) in [5, 5.41) is 1.58. The molecule has 0 bridgehead atoms. The van der Waals surface area contributed by atoms with Crippen molar-refractivity contribution in [3.8, 4) is 0 Å². The minimum atomic E-state index is -0.347. The van der Waals surface area contributed by atoms with Gasteiger partial charge in [0.1, 0.15) is 5.82 Å². The van der Waals surface area contributed by atoms with Gasteiger partial charge in [0.05, 0.1) is 6.54 Å². The van der Waals surface area contributed by atoms with E-state index in [0.29, 0.717) is 10.6 Å². The second-order valence-electron chi connectivity index (χ2n) is 4.55. The molecule has 0 radical (unpaired) electrons. The molecular weight excluding hydrogens is 277 g/mol. The monoisotopic (exact) mass is 287 g/mol. The molecule has 20 heavy (non-hydrogen) atoms. The normalized spacial score (nSPS) is 10.9. The van der Waals surface area contributed by atoms with Gasteiger partial charge in [-0.2, -0.15) is 0 Å². The first-order valence-corrected chi connectivity index (χ1v) is 6.55. The van der Waals surface area contributed by atoms with Gasteiger partial charge in [0.15, 0.2) is 5.78 Å². The molecule has 0 unspecified atom stereocenters. The topological polar surface area (TPSA) is 22.0 Å². The zero-order chi connectivity index (χ0) is 14.1. The van der Waals surface area contributed by atoms with E-state index in [1.807, 2.05) is 35.0 Å². The summed E-state index contributed by atoms with van der Waals surface area (Å²) in [6, 6.07) is 13.0. The molecule has 0 saturated heterocycles. The molecule has 0 aliphatic rings. The highest BCUT2D eigenvalue weighted by molar-refractivity contribution is 6.35. The summed E-state index contributed by atoms with van der Waals surface area (Å²) in [7, 11) is 0. The first-order chi connectivity index (χ1) is 9.65. The van der Waals surface area contributed by atoms with Crippen LogP contribution >= 0.6 is 11.6 Å². The average molecular weight is 288 g/mol. The van der Waals surface area contributed by atoms with Gasteiger partial charge in [0, 0.05) is 27.7 Å². The van der Waals surface area contributed by atoms with E-state index in [4.69, 9.17) is 11.6 Å². The zero-order valence-electron chi connectivity index (χ0n) is 10.5. The van der Waals surface area contributed by atoms with Crippen LogP contribution < -0.4 is 0 Å². The lowest BCUT2D eigenvalue weighted by atomic mass is 10.1. The fraction of sp³-hybridized carbons (Fsp3) is 0.0625. The van der Waals surface area contributed by atoms with Crippen molar-refractivity contribution in [3.63, 3.8) is 0 Å². The van der Waals surface area contributed by atoms with E-state index in [1.165, 1.54) is 24.3 Å². The quantitative estimate of drug-likeness (QED) is 0.658. The summed E-state index contributed by atoms with van der Waals surface area (Å²) in [5.41, 5.74) is 1.41. The maximum absolute atomic E-state index is 12.8. The SMILES string of the molecule is O=C(Cn1ccc2c(Cl)cccc21)c1ccc(F)cc1. The van der Waals surface area contributed by atoms with Crippen molar-refractivity contribution in [1.82, 2.24) is 4.57 Å². The van der Waals surface area contributed by atoms with Crippen molar-refractivity contribution in [2.24, 2.45) is 0 Å². The lowest BCUT2D eigenvalue weighted by molar-refractivity contribution is 0.0973. The number of rotatable bonds is 3. The third kappa shape index (κ3) is 2.32. The molecule has 2 nitrogen and oxygen atoms in total. The van der Waals surface area contributed by atoms with E-state index in [2.05, 4.69) is 0 Å². The molecule has 1 heterocycles. The Balaban J connectivity index is 1.91. The Hall–Kier alpha value is -2.13. The minimum absolute atomic E-state index is 0.0672. The molecule has 0 spiro atoms. The molecule has 100 valence electrons. The molecule has 1 aromatic heterocycles. The second-order valence-corrected chi connectivity index (χ2v) is 4.95. The first-order valence-electron chi connectivity index (χ1n) is 6.17. The van der Waals surface area contributed by atoms with Crippen LogP contribution in [-0.4, -0.2) is 10.4 Å². The molecular formula is C16H11ClFNO. The van der Waals surface area contributed by atoms with Gasteiger partial charge >= 0.3 is 0 Å². The summed E-state index contributed by atoms with van der Waals surface area (Å²) in [6.07, 6.45) is 1.83. The van der Waals surface area contributed by atoms with Gasteiger partial charge in [-0.15, -0.1) is 0 Å². The number of benzene rings is 2. The van der Waals surface area contributed by atoms with E-state index in [0.717, 1.165) is 10.9 Å². The lowest BCUT2D eigenvalue weighted by Crippen LogP contribution is -2.09. The fourth-order valence-corrected chi connectivity index (χ4v) is 2.44. The van der Waals surface area contributed by atoms with Crippen LogP contribution in [0.15, 0.2) is 54.7 Å². The molecule has 0 aliphatic carbocycles. The van der Waals surface area contributed by atoms with Crippen molar-refractivity contribution >= 4 is 28.3 Å². The van der Waals surface area contributed by atoms with Crippen molar-refractivity contribution < 1.29 is 9.18 Å². The van der Waals surface area contributed by atoms with E-state index in [9.17, 15) is 9.18 Å². The molecule has 4 heteroatoms. The number of aromatic nitrogens is 1. The predicted octanol–water partition coefficient (Wildman–Crippen LogP) is 4.32. The Morgan fingerprint density at radius 2 is 1.85 bits per heavy atom. The molecule has 3 aromatic rings. The Bertz CT molecular complexity index is 777. The van der Waals surface area contributed by atoms with Gasteiger partial charge in [-0.1, -0.05) is 17.7 Å². The van der Waals surface area contributed by atoms with Crippen molar-refractivity contribution in [2.75, 3.05) is 0 Å². The number of ketones is 1. The van der Waals surface area contributed by atoms with E-state index < -0.39 is 0 Å². The zero-order valence-corrected chi connectivity index (χ0v) is 11.3. The summed E-state index contributed by atoms with van der Waals surface area (Å²) >= 11 is 6.10. The van der Waals surface area contributed by atoms with E-state index in [-0.39, 0.29) is 18.1 Å². The number of hydrogen-bond acceptors (Lipinski definition) is 1. The Labute approximate surface area is 120 Å². The predicted molar refractivity (Wildman–Crippen MR) is 77.7 cm³/mol. The number of halogens is 2. The van der Waals surface area contributed by atoms with Crippen LogP contribution in [0.3, 0.4) is 0 Å². The number of Topliss-reactive ketones (excluding diaryl/α,β-unsaturated/α-hetero) is 1. The third-order valence-corrected chi connectivity index (χ3v) is 3.57. The van der Waals surface area contributed by atoms with Crippen LogP contribution in [0.1, 0.15) is 10.4 Å². The molecule has 0 atom stereocenters. The Kier molecular flexibility index (Phi) is 3.28. The standard InChI is InChI=1S/C16H11ClFNO/c17-14-2-1-3-15-13(14)8-9-19(15)10-16(20)11-4-6-12(18)7-5-11/h1-9H,10H2. The van der Waals surface area contributed by atoms with Crippen LogP contribution in [-0.2, 0) is 6.54 Å². The van der Waals surface area contributed by atoms with Gasteiger partial charge in [-0.3, -0.25) is 4.79 Å². The highest BCUT2D eigenvalue weighted by Gasteiger charge is 2.10. The molecule has 2 aromatic carbocycles. The maximum Gasteiger partial charge on any atom is 0.182 e.